The fourth-order valence-corrected chi connectivity index (χ4v) is 2.61. The number of para-hydroxylation sites is 1. The average Bonchev–Trinajstić information content (AvgIpc) is 2.78. The second-order valence-corrected chi connectivity index (χ2v) is 5.44. The van der Waals surface area contributed by atoms with Crippen molar-refractivity contribution < 1.29 is 0 Å². The van der Waals surface area contributed by atoms with Crippen LogP contribution in [-0.2, 0) is 6.54 Å². The van der Waals surface area contributed by atoms with Gasteiger partial charge in [0.15, 0.2) is 0 Å². The van der Waals surface area contributed by atoms with Gasteiger partial charge in [0.05, 0.1) is 0 Å². The maximum Gasteiger partial charge on any atom is 0.0489 e. The molecule has 0 aliphatic carbocycles. The molecule has 0 saturated carbocycles. The highest BCUT2D eigenvalue weighted by Crippen LogP contribution is 2.24. The van der Waals surface area contributed by atoms with Crippen molar-refractivity contribution in [2.24, 2.45) is 0 Å². The van der Waals surface area contributed by atoms with Gasteiger partial charge in [-0.3, -0.25) is 0 Å². The largest absolute Gasteiger partial charge is 0.342 e. The molecule has 0 spiro atoms. The first-order chi connectivity index (χ1) is 9.74. The Morgan fingerprint density at radius 3 is 2.40 bits per heavy atom. The minimum atomic E-state index is 0.915. The Labute approximate surface area is 120 Å². The van der Waals surface area contributed by atoms with Crippen LogP contribution in [0.25, 0.3) is 17.0 Å². The summed E-state index contributed by atoms with van der Waals surface area (Å²) in [4.78, 5) is 0. The lowest BCUT2D eigenvalue weighted by molar-refractivity contribution is 0.836. The fourth-order valence-electron chi connectivity index (χ4n) is 2.61. The topological polar surface area (TPSA) is 4.93 Å². The minimum absolute atomic E-state index is 0.915. The number of benzene rings is 2. The molecule has 0 radical (unpaired) electrons. The number of hydrogen-bond donors (Lipinski definition) is 0. The maximum atomic E-state index is 2.33. The summed E-state index contributed by atoms with van der Waals surface area (Å²) in [6, 6.07) is 19.2. The highest BCUT2D eigenvalue weighted by molar-refractivity contribution is 5.89. The predicted octanol–water partition coefficient (Wildman–Crippen LogP) is 5.11. The molecule has 0 amide bonds. The van der Waals surface area contributed by atoms with Crippen molar-refractivity contribution in [1.82, 2.24) is 4.57 Å². The summed E-state index contributed by atoms with van der Waals surface area (Å²) in [6.45, 7) is 5.20. The highest BCUT2D eigenvalue weighted by atomic mass is 15.0. The normalized spacial score (nSPS) is 10.7. The molecule has 1 heteroatoms. The van der Waals surface area contributed by atoms with Gasteiger partial charge < -0.3 is 4.57 Å². The molecule has 0 N–H and O–H groups in total. The number of allylic oxidation sites excluding steroid dienone is 1. The van der Waals surface area contributed by atoms with Gasteiger partial charge in [0, 0.05) is 23.6 Å². The molecule has 2 aromatic carbocycles. The third-order valence-corrected chi connectivity index (χ3v) is 3.46. The van der Waals surface area contributed by atoms with Gasteiger partial charge >= 0.3 is 0 Å². The van der Waals surface area contributed by atoms with Gasteiger partial charge in [-0.15, -0.1) is 0 Å². The maximum absolute atomic E-state index is 2.33. The monoisotopic (exact) mass is 261 g/mol. The van der Waals surface area contributed by atoms with Crippen LogP contribution in [0.15, 0.2) is 66.4 Å². The molecule has 3 rings (SSSR count). The van der Waals surface area contributed by atoms with Crippen LogP contribution in [-0.4, -0.2) is 4.57 Å². The van der Waals surface area contributed by atoms with Crippen LogP contribution in [0.3, 0.4) is 0 Å². The molecule has 0 fully saturated rings. The Hall–Kier alpha value is -2.28. The van der Waals surface area contributed by atoms with Gasteiger partial charge in [0.1, 0.15) is 0 Å². The van der Waals surface area contributed by atoms with Crippen LogP contribution in [0.4, 0.5) is 0 Å². The van der Waals surface area contributed by atoms with Gasteiger partial charge in [0.25, 0.3) is 0 Å². The van der Waals surface area contributed by atoms with E-state index in [4.69, 9.17) is 0 Å². The molecule has 3 aromatic rings. The summed E-state index contributed by atoms with van der Waals surface area (Å²) < 4.78 is 2.33. The number of rotatable bonds is 3. The van der Waals surface area contributed by atoms with Crippen LogP contribution in [0, 0.1) is 0 Å². The van der Waals surface area contributed by atoms with E-state index in [0.29, 0.717) is 0 Å². The van der Waals surface area contributed by atoms with Gasteiger partial charge in [-0.25, -0.2) is 0 Å². The van der Waals surface area contributed by atoms with Crippen LogP contribution in [0.2, 0.25) is 0 Å². The lowest BCUT2D eigenvalue weighted by atomic mass is 10.1. The first-order valence-electron chi connectivity index (χ1n) is 7.01. The second-order valence-electron chi connectivity index (χ2n) is 5.44. The summed E-state index contributed by atoms with van der Waals surface area (Å²) in [5.74, 6) is 0. The van der Waals surface area contributed by atoms with E-state index in [1.54, 1.807) is 0 Å². The van der Waals surface area contributed by atoms with Crippen molar-refractivity contribution in [1.29, 1.82) is 0 Å². The van der Waals surface area contributed by atoms with Gasteiger partial charge in [-0.2, -0.15) is 0 Å². The van der Waals surface area contributed by atoms with Gasteiger partial charge in [-0.05, 0) is 31.0 Å². The molecule has 0 aliphatic rings. The SMILES string of the molecule is CC(C)=Cc1cn(Cc2ccccc2)c2ccccc12. The van der Waals surface area contributed by atoms with E-state index in [1.807, 2.05) is 0 Å². The molecule has 0 saturated heterocycles. The Morgan fingerprint density at radius 2 is 1.65 bits per heavy atom. The van der Waals surface area contributed by atoms with E-state index >= 15 is 0 Å². The fraction of sp³-hybridized carbons (Fsp3) is 0.158. The number of aromatic nitrogens is 1. The molecule has 0 aliphatic heterocycles. The molecule has 100 valence electrons. The Morgan fingerprint density at radius 1 is 0.950 bits per heavy atom. The van der Waals surface area contributed by atoms with E-state index in [2.05, 4.69) is 85.3 Å². The summed E-state index contributed by atoms with van der Waals surface area (Å²) in [6.07, 6.45) is 4.51. The molecule has 1 nitrogen and oxygen atoms in total. The van der Waals surface area contributed by atoms with Crippen molar-refractivity contribution >= 4 is 17.0 Å². The number of hydrogen-bond acceptors (Lipinski definition) is 0. The van der Waals surface area contributed by atoms with Gasteiger partial charge in [0.2, 0.25) is 0 Å². The third kappa shape index (κ3) is 2.53. The van der Waals surface area contributed by atoms with E-state index < -0.39 is 0 Å². The standard InChI is InChI=1S/C19H19N/c1-15(2)12-17-14-20(13-16-8-4-3-5-9-16)19-11-7-6-10-18(17)19/h3-12,14H,13H2,1-2H3. The second kappa shape index (κ2) is 5.38. The quantitative estimate of drug-likeness (QED) is 0.617. The zero-order chi connectivity index (χ0) is 13.9. The van der Waals surface area contributed by atoms with E-state index in [-0.39, 0.29) is 0 Å². The molecule has 1 aromatic heterocycles. The summed E-state index contributed by atoms with van der Waals surface area (Å²) in [7, 11) is 0. The minimum Gasteiger partial charge on any atom is -0.342 e. The molecular weight excluding hydrogens is 242 g/mol. The van der Waals surface area contributed by atoms with Gasteiger partial charge in [-0.1, -0.05) is 60.2 Å². The van der Waals surface area contributed by atoms with Crippen LogP contribution < -0.4 is 0 Å². The first-order valence-corrected chi connectivity index (χ1v) is 7.01. The van der Waals surface area contributed by atoms with E-state index in [0.717, 1.165) is 6.54 Å². The molecule has 20 heavy (non-hydrogen) atoms. The Bertz CT molecular complexity index is 744. The van der Waals surface area contributed by atoms with Crippen LogP contribution >= 0.6 is 0 Å². The van der Waals surface area contributed by atoms with E-state index in [9.17, 15) is 0 Å². The van der Waals surface area contributed by atoms with Crippen molar-refractivity contribution in [3.63, 3.8) is 0 Å². The molecular formula is C19H19N. The first kappa shape index (κ1) is 12.7. The molecule has 0 atom stereocenters. The van der Waals surface area contributed by atoms with Crippen molar-refractivity contribution in [3.05, 3.63) is 77.5 Å². The lowest BCUT2D eigenvalue weighted by Gasteiger charge is -2.05. The molecule has 0 bridgehead atoms. The zero-order valence-electron chi connectivity index (χ0n) is 12.0. The highest BCUT2D eigenvalue weighted by Gasteiger charge is 2.06. The molecule has 1 heterocycles. The summed E-state index contributed by atoms with van der Waals surface area (Å²) in [5, 5.41) is 1.32. The Balaban J connectivity index is 2.09. The summed E-state index contributed by atoms with van der Waals surface area (Å²) >= 11 is 0. The zero-order valence-corrected chi connectivity index (χ0v) is 12.0. The predicted molar refractivity (Wildman–Crippen MR) is 86.8 cm³/mol. The average molecular weight is 261 g/mol. The summed E-state index contributed by atoms with van der Waals surface area (Å²) in [5.41, 5.74) is 5.25. The number of fused-ring (bicyclic) bond motifs is 1. The van der Waals surface area contributed by atoms with Crippen molar-refractivity contribution in [2.75, 3.05) is 0 Å². The smallest absolute Gasteiger partial charge is 0.0489 e. The Kier molecular flexibility index (Phi) is 3.42. The van der Waals surface area contributed by atoms with Crippen LogP contribution in [0.5, 0.6) is 0 Å². The van der Waals surface area contributed by atoms with Crippen molar-refractivity contribution in [2.45, 2.75) is 20.4 Å². The van der Waals surface area contributed by atoms with E-state index in [1.165, 1.54) is 27.6 Å². The van der Waals surface area contributed by atoms with Crippen molar-refractivity contribution in [3.8, 4) is 0 Å². The lowest BCUT2D eigenvalue weighted by Crippen LogP contribution is -1.97. The molecule has 0 unspecified atom stereocenters. The number of nitrogens with zero attached hydrogens (tertiary/aromatic N) is 1. The van der Waals surface area contributed by atoms with Crippen LogP contribution in [0.1, 0.15) is 25.0 Å². The third-order valence-electron chi connectivity index (χ3n) is 3.46.